The Morgan fingerprint density at radius 3 is 2.39 bits per heavy atom. The molecule has 3 nitrogen and oxygen atoms in total. The van der Waals surface area contributed by atoms with E-state index in [1.54, 1.807) is 4.90 Å². The van der Waals surface area contributed by atoms with Gasteiger partial charge in [-0.15, -0.1) is 0 Å². The molecule has 0 unspecified atom stereocenters. The van der Waals surface area contributed by atoms with Crippen LogP contribution >= 0.6 is 0 Å². The van der Waals surface area contributed by atoms with E-state index >= 15 is 0 Å². The largest absolute Gasteiger partial charge is 0.331 e. The molecule has 0 atom stereocenters. The number of carbonyl (C=O) groups excluding carboxylic acids is 1. The zero-order valence-corrected chi connectivity index (χ0v) is 11.3. The van der Waals surface area contributed by atoms with Crippen molar-refractivity contribution in [1.29, 1.82) is 0 Å². The SMILES string of the molecule is CN(C)C(=O)N1CCC(Cc2ccccc2)CC1. The number of amides is 2. The van der Waals surface area contributed by atoms with E-state index in [0.29, 0.717) is 0 Å². The number of hydrogen-bond acceptors (Lipinski definition) is 1. The van der Waals surface area contributed by atoms with Crippen LogP contribution in [0.15, 0.2) is 30.3 Å². The Morgan fingerprint density at radius 2 is 1.83 bits per heavy atom. The fraction of sp³-hybridized carbons (Fsp3) is 0.533. The van der Waals surface area contributed by atoms with Gasteiger partial charge in [0.25, 0.3) is 0 Å². The maximum absolute atomic E-state index is 11.8. The van der Waals surface area contributed by atoms with E-state index in [2.05, 4.69) is 30.3 Å². The molecule has 0 bridgehead atoms. The summed E-state index contributed by atoms with van der Waals surface area (Å²) in [6.45, 7) is 1.79. The third-order valence-electron chi connectivity index (χ3n) is 3.63. The summed E-state index contributed by atoms with van der Waals surface area (Å²) in [7, 11) is 3.64. The molecule has 18 heavy (non-hydrogen) atoms. The molecule has 2 rings (SSSR count). The van der Waals surface area contributed by atoms with Gasteiger partial charge in [0.2, 0.25) is 0 Å². The van der Waals surface area contributed by atoms with Crippen molar-refractivity contribution in [1.82, 2.24) is 9.80 Å². The second-order valence-corrected chi connectivity index (χ2v) is 5.30. The molecule has 1 aromatic carbocycles. The quantitative estimate of drug-likeness (QED) is 0.787. The van der Waals surface area contributed by atoms with E-state index in [-0.39, 0.29) is 6.03 Å². The highest BCUT2D eigenvalue weighted by Gasteiger charge is 2.23. The van der Waals surface area contributed by atoms with Gasteiger partial charge in [-0.2, -0.15) is 0 Å². The number of piperidine rings is 1. The summed E-state index contributed by atoms with van der Waals surface area (Å²) < 4.78 is 0. The monoisotopic (exact) mass is 246 g/mol. The van der Waals surface area contributed by atoms with Crippen LogP contribution in [0.5, 0.6) is 0 Å². The molecule has 0 aliphatic carbocycles. The maximum Gasteiger partial charge on any atom is 0.319 e. The molecule has 2 amide bonds. The van der Waals surface area contributed by atoms with Gasteiger partial charge in [0.05, 0.1) is 0 Å². The van der Waals surface area contributed by atoms with Crippen molar-refractivity contribution in [2.45, 2.75) is 19.3 Å². The predicted molar refractivity (Wildman–Crippen MR) is 73.5 cm³/mol. The molecule has 0 aromatic heterocycles. The number of benzene rings is 1. The molecule has 0 spiro atoms. The van der Waals surface area contributed by atoms with Crippen LogP contribution in [0.1, 0.15) is 18.4 Å². The fourth-order valence-electron chi connectivity index (χ4n) is 2.56. The molecule has 98 valence electrons. The van der Waals surface area contributed by atoms with E-state index < -0.39 is 0 Å². The summed E-state index contributed by atoms with van der Waals surface area (Å²) in [6.07, 6.45) is 3.38. The van der Waals surface area contributed by atoms with Gasteiger partial charge in [-0.05, 0) is 30.7 Å². The first-order valence-corrected chi connectivity index (χ1v) is 6.67. The van der Waals surface area contributed by atoms with Crippen molar-refractivity contribution in [3.63, 3.8) is 0 Å². The minimum absolute atomic E-state index is 0.146. The first-order valence-electron chi connectivity index (χ1n) is 6.67. The van der Waals surface area contributed by atoms with Crippen LogP contribution in [0.25, 0.3) is 0 Å². The molecular formula is C15H22N2O. The fourth-order valence-corrected chi connectivity index (χ4v) is 2.56. The zero-order valence-electron chi connectivity index (χ0n) is 11.3. The second-order valence-electron chi connectivity index (χ2n) is 5.30. The molecule has 1 aliphatic heterocycles. The third-order valence-corrected chi connectivity index (χ3v) is 3.63. The van der Waals surface area contributed by atoms with Crippen LogP contribution in [0.2, 0.25) is 0 Å². The summed E-state index contributed by atoms with van der Waals surface area (Å²) in [5, 5.41) is 0. The lowest BCUT2D eigenvalue weighted by atomic mass is 9.90. The smallest absolute Gasteiger partial charge is 0.319 e. The lowest BCUT2D eigenvalue weighted by molar-refractivity contribution is 0.147. The van der Waals surface area contributed by atoms with Crippen LogP contribution in [0.3, 0.4) is 0 Å². The molecule has 1 saturated heterocycles. The molecule has 0 radical (unpaired) electrons. The number of rotatable bonds is 2. The number of carbonyl (C=O) groups is 1. The molecule has 1 heterocycles. The van der Waals surface area contributed by atoms with Gasteiger partial charge in [-0.3, -0.25) is 0 Å². The second kappa shape index (κ2) is 5.89. The highest BCUT2D eigenvalue weighted by atomic mass is 16.2. The summed E-state index contributed by atoms with van der Waals surface area (Å²) in [5.41, 5.74) is 1.41. The standard InChI is InChI=1S/C15H22N2O/c1-16(2)15(18)17-10-8-14(9-11-17)12-13-6-4-3-5-7-13/h3-7,14H,8-12H2,1-2H3. The lowest BCUT2D eigenvalue weighted by Crippen LogP contribution is -2.44. The van der Waals surface area contributed by atoms with Crippen LogP contribution in [0, 0.1) is 5.92 Å². The van der Waals surface area contributed by atoms with E-state index in [9.17, 15) is 4.79 Å². The van der Waals surface area contributed by atoms with Gasteiger partial charge >= 0.3 is 6.03 Å². The van der Waals surface area contributed by atoms with Crippen molar-refractivity contribution in [3.8, 4) is 0 Å². The summed E-state index contributed by atoms with van der Waals surface area (Å²) >= 11 is 0. The van der Waals surface area contributed by atoms with Gasteiger partial charge in [0, 0.05) is 27.2 Å². The van der Waals surface area contributed by atoms with Crippen molar-refractivity contribution in [2.75, 3.05) is 27.2 Å². The van der Waals surface area contributed by atoms with Crippen molar-refractivity contribution >= 4 is 6.03 Å². The highest BCUT2D eigenvalue weighted by Crippen LogP contribution is 2.22. The topological polar surface area (TPSA) is 23.6 Å². The van der Waals surface area contributed by atoms with Crippen molar-refractivity contribution < 1.29 is 4.79 Å². The Kier molecular flexibility index (Phi) is 4.24. The van der Waals surface area contributed by atoms with Crippen molar-refractivity contribution in [2.24, 2.45) is 5.92 Å². The zero-order chi connectivity index (χ0) is 13.0. The Hall–Kier alpha value is -1.51. The van der Waals surface area contributed by atoms with E-state index in [1.165, 1.54) is 5.56 Å². The number of nitrogens with zero attached hydrogens (tertiary/aromatic N) is 2. The summed E-state index contributed by atoms with van der Waals surface area (Å²) in [5.74, 6) is 0.721. The van der Waals surface area contributed by atoms with Crippen LogP contribution in [-0.2, 0) is 6.42 Å². The van der Waals surface area contributed by atoms with E-state index in [4.69, 9.17) is 0 Å². The van der Waals surface area contributed by atoms with Gasteiger partial charge in [0.15, 0.2) is 0 Å². The van der Waals surface area contributed by atoms with Crippen molar-refractivity contribution in [3.05, 3.63) is 35.9 Å². The molecule has 0 N–H and O–H groups in total. The number of urea groups is 1. The van der Waals surface area contributed by atoms with Crippen LogP contribution in [0.4, 0.5) is 4.79 Å². The number of likely N-dealkylation sites (tertiary alicyclic amines) is 1. The highest BCUT2D eigenvalue weighted by molar-refractivity contribution is 5.73. The molecule has 1 aromatic rings. The van der Waals surface area contributed by atoms with E-state index in [0.717, 1.165) is 38.3 Å². The Morgan fingerprint density at radius 1 is 1.22 bits per heavy atom. The third kappa shape index (κ3) is 3.25. The molecule has 0 saturated carbocycles. The Bertz CT molecular complexity index is 381. The molecular weight excluding hydrogens is 224 g/mol. The van der Waals surface area contributed by atoms with Gasteiger partial charge in [-0.25, -0.2) is 4.79 Å². The normalized spacial score (nSPS) is 16.7. The lowest BCUT2D eigenvalue weighted by Gasteiger charge is -2.33. The predicted octanol–water partition coefficient (Wildman–Crippen LogP) is 2.62. The maximum atomic E-state index is 11.8. The molecule has 1 fully saturated rings. The minimum Gasteiger partial charge on any atom is -0.331 e. The number of hydrogen-bond donors (Lipinski definition) is 0. The average Bonchev–Trinajstić information content (AvgIpc) is 2.40. The summed E-state index contributed by atoms with van der Waals surface area (Å²) in [4.78, 5) is 15.4. The Labute approximate surface area is 109 Å². The van der Waals surface area contributed by atoms with Gasteiger partial charge in [0.1, 0.15) is 0 Å². The van der Waals surface area contributed by atoms with Gasteiger partial charge in [-0.1, -0.05) is 30.3 Å². The summed E-state index contributed by atoms with van der Waals surface area (Å²) in [6, 6.07) is 10.8. The van der Waals surface area contributed by atoms with Gasteiger partial charge < -0.3 is 9.80 Å². The van der Waals surface area contributed by atoms with Crippen LogP contribution < -0.4 is 0 Å². The molecule has 1 aliphatic rings. The molecule has 3 heteroatoms. The van der Waals surface area contributed by atoms with E-state index in [1.807, 2.05) is 19.0 Å². The first kappa shape index (κ1) is 12.9. The first-order chi connectivity index (χ1) is 8.66. The van der Waals surface area contributed by atoms with Crippen LogP contribution in [-0.4, -0.2) is 43.0 Å². The average molecular weight is 246 g/mol. The Balaban J connectivity index is 1.82. The minimum atomic E-state index is 0.146.